The highest BCUT2D eigenvalue weighted by molar-refractivity contribution is 5.69. The highest BCUT2D eigenvalue weighted by atomic mass is 19.3. The van der Waals surface area contributed by atoms with E-state index in [9.17, 15) is 18.0 Å². The zero-order valence-corrected chi connectivity index (χ0v) is 9.38. The number of benzene rings is 1. The van der Waals surface area contributed by atoms with E-state index in [0.29, 0.717) is 0 Å². The van der Waals surface area contributed by atoms with Gasteiger partial charge in [-0.15, -0.1) is 0 Å². The van der Waals surface area contributed by atoms with Gasteiger partial charge in [0.25, 0.3) is 0 Å². The molecule has 0 spiro atoms. The van der Waals surface area contributed by atoms with E-state index in [1.54, 1.807) is 0 Å². The van der Waals surface area contributed by atoms with Crippen molar-refractivity contribution in [2.24, 2.45) is 0 Å². The van der Waals surface area contributed by atoms with Crippen molar-refractivity contribution in [1.29, 1.82) is 0 Å². The second-order valence-corrected chi connectivity index (χ2v) is 3.81. The van der Waals surface area contributed by atoms with E-state index in [4.69, 9.17) is 0 Å². The number of amides is 1. The maximum atomic E-state index is 13.5. The van der Waals surface area contributed by atoms with Crippen LogP contribution in [0.5, 0.6) is 5.75 Å². The summed E-state index contributed by atoms with van der Waals surface area (Å²) >= 11 is 0. The van der Waals surface area contributed by atoms with Crippen LogP contribution < -0.4 is 10.1 Å². The Balaban J connectivity index is 2.34. The summed E-state index contributed by atoms with van der Waals surface area (Å²) in [5.74, 6) is -4.12. The third-order valence-corrected chi connectivity index (χ3v) is 2.59. The first kappa shape index (κ1) is 12.5. The number of carbonyl (C=O) groups excluding carboxylic acids is 1. The summed E-state index contributed by atoms with van der Waals surface area (Å²) in [6.45, 7) is -1.03. The van der Waals surface area contributed by atoms with E-state index in [-0.39, 0.29) is 11.3 Å². The van der Waals surface area contributed by atoms with Crippen molar-refractivity contribution in [1.82, 2.24) is 5.32 Å². The van der Waals surface area contributed by atoms with Crippen molar-refractivity contribution in [3.8, 4) is 5.75 Å². The molecular formula is C11H10F3NO3. The molecule has 1 N–H and O–H groups in total. The lowest BCUT2D eigenvalue weighted by atomic mass is 10.00. The average Bonchev–Trinajstić information content (AvgIpc) is 2.32. The van der Waals surface area contributed by atoms with Crippen LogP contribution in [0.4, 0.5) is 18.0 Å². The minimum absolute atomic E-state index is 0.0463. The maximum absolute atomic E-state index is 13.5. The quantitative estimate of drug-likeness (QED) is 0.888. The SMILES string of the molecule is COc1ccc([C@H]2NC(=O)OCC2(F)F)cc1F. The van der Waals surface area contributed by atoms with Crippen LogP contribution in [0.25, 0.3) is 0 Å². The van der Waals surface area contributed by atoms with Gasteiger partial charge < -0.3 is 14.8 Å². The minimum Gasteiger partial charge on any atom is -0.494 e. The summed E-state index contributed by atoms with van der Waals surface area (Å²) in [6.07, 6.45) is -0.956. The summed E-state index contributed by atoms with van der Waals surface area (Å²) in [5, 5.41) is 1.97. The monoisotopic (exact) mass is 261 g/mol. The van der Waals surface area contributed by atoms with Gasteiger partial charge in [-0.05, 0) is 17.7 Å². The van der Waals surface area contributed by atoms with E-state index in [0.717, 1.165) is 6.07 Å². The van der Waals surface area contributed by atoms with Gasteiger partial charge in [0.1, 0.15) is 6.04 Å². The van der Waals surface area contributed by atoms with Gasteiger partial charge in [0.05, 0.1) is 7.11 Å². The van der Waals surface area contributed by atoms with Crippen LogP contribution >= 0.6 is 0 Å². The number of hydrogen-bond acceptors (Lipinski definition) is 3. The van der Waals surface area contributed by atoms with Crippen LogP contribution in [-0.2, 0) is 4.74 Å². The first-order valence-electron chi connectivity index (χ1n) is 5.08. The van der Waals surface area contributed by atoms with Crippen LogP contribution in [0.3, 0.4) is 0 Å². The van der Waals surface area contributed by atoms with Crippen LogP contribution in [0.1, 0.15) is 11.6 Å². The summed E-state index contributed by atoms with van der Waals surface area (Å²) < 4.78 is 49.4. The van der Waals surface area contributed by atoms with Gasteiger partial charge in [0.15, 0.2) is 18.2 Å². The molecule has 0 unspecified atom stereocenters. The molecule has 1 fully saturated rings. The first-order chi connectivity index (χ1) is 8.44. The highest BCUT2D eigenvalue weighted by Gasteiger charge is 2.46. The van der Waals surface area contributed by atoms with Gasteiger partial charge in [0, 0.05) is 0 Å². The standard InChI is InChI=1S/C11H10F3NO3/c1-17-8-3-2-6(4-7(8)12)9-11(13,14)5-18-10(16)15-9/h2-4,9H,5H2,1H3,(H,15,16)/t9-/m1/s1. The zero-order chi connectivity index (χ0) is 13.3. The summed E-state index contributed by atoms with van der Waals surface area (Å²) in [4.78, 5) is 11.0. The number of hydrogen-bond donors (Lipinski definition) is 1. The highest BCUT2D eigenvalue weighted by Crippen LogP contribution is 2.35. The minimum atomic E-state index is -3.30. The van der Waals surface area contributed by atoms with E-state index >= 15 is 0 Å². The second-order valence-electron chi connectivity index (χ2n) is 3.81. The molecule has 1 aliphatic rings. The number of alkyl carbamates (subject to hydrolysis) is 1. The van der Waals surface area contributed by atoms with Gasteiger partial charge in [-0.3, -0.25) is 0 Å². The number of halogens is 3. The number of nitrogens with one attached hydrogen (secondary N) is 1. The topological polar surface area (TPSA) is 47.6 Å². The molecule has 1 atom stereocenters. The fraction of sp³-hybridized carbons (Fsp3) is 0.364. The molecule has 1 amide bonds. The molecule has 0 bridgehead atoms. The van der Waals surface area contributed by atoms with Gasteiger partial charge >= 0.3 is 12.0 Å². The molecule has 0 aliphatic carbocycles. The molecule has 1 aromatic rings. The van der Waals surface area contributed by atoms with E-state index in [1.807, 2.05) is 5.32 Å². The Bertz CT molecular complexity index is 479. The number of cyclic esters (lactones) is 1. The smallest absolute Gasteiger partial charge is 0.408 e. The molecule has 2 rings (SSSR count). The number of carbonyl (C=O) groups is 1. The number of alkyl halides is 2. The van der Waals surface area contributed by atoms with Gasteiger partial charge in [-0.1, -0.05) is 6.07 Å². The van der Waals surface area contributed by atoms with Crippen molar-refractivity contribution in [3.63, 3.8) is 0 Å². The summed E-state index contributed by atoms with van der Waals surface area (Å²) in [6, 6.07) is 1.79. The Morgan fingerprint density at radius 1 is 1.50 bits per heavy atom. The molecule has 1 aliphatic heterocycles. The molecule has 7 heteroatoms. The summed E-state index contributed by atoms with van der Waals surface area (Å²) in [7, 11) is 1.27. The van der Waals surface area contributed by atoms with Crippen LogP contribution in [0.15, 0.2) is 18.2 Å². The van der Waals surface area contributed by atoms with Crippen molar-refractivity contribution in [3.05, 3.63) is 29.6 Å². The van der Waals surface area contributed by atoms with E-state index < -0.39 is 30.5 Å². The van der Waals surface area contributed by atoms with Crippen LogP contribution in [0.2, 0.25) is 0 Å². The fourth-order valence-electron chi connectivity index (χ4n) is 1.70. The molecule has 0 radical (unpaired) electrons. The Kier molecular flexibility index (Phi) is 3.06. The molecule has 4 nitrogen and oxygen atoms in total. The normalized spacial score (nSPS) is 22.0. The van der Waals surface area contributed by atoms with Crippen molar-refractivity contribution < 1.29 is 27.4 Å². The molecule has 1 heterocycles. The molecule has 1 saturated heterocycles. The molecule has 0 aromatic heterocycles. The molecule has 0 saturated carbocycles. The molecular weight excluding hydrogens is 251 g/mol. The average molecular weight is 261 g/mol. The van der Waals surface area contributed by atoms with Crippen molar-refractivity contribution in [2.45, 2.75) is 12.0 Å². The van der Waals surface area contributed by atoms with Gasteiger partial charge in [-0.2, -0.15) is 0 Å². The predicted octanol–water partition coefficient (Wildman–Crippen LogP) is 2.25. The van der Waals surface area contributed by atoms with Crippen LogP contribution in [0, 0.1) is 5.82 Å². The summed E-state index contributed by atoms with van der Waals surface area (Å²) in [5.41, 5.74) is -0.0463. The lowest BCUT2D eigenvalue weighted by Gasteiger charge is -2.31. The molecule has 1 aromatic carbocycles. The molecule has 18 heavy (non-hydrogen) atoms. The third kappa shape index (κ3) is 2.20. The Morgan fingerprint density at radius 3 is 2.83 bits per heavy atom. The fourth-order valence-corrected chi connectivity index (χ4v) is 1.70. The lowest BCUT2D eigenvalue weighted by molar-refractivity contribution is -0.104. The van der Waals surface area contributed by atoms with Gasteiger partial charge in [0.2, 0.25) is 0 Å². The lowest BCUT2D eigenvalue weighted by Crippen LogP contribution is -2.49. The first-order valence-corrected chi connectivity index (χ1v) is 5.08. The van der Waals surface area contributed by atoms with Crippen LogP contribution in [-0.4, -0.2) is 25.7 Å². The molecule has 98 valence electrons. The number of ether oxygens (including phenoxy) is 2. The largest absolute Gasteiger partial charge is 0.494 e. The second kappa shape index (κ2) is 4.40. The van der Waals surface area contributed by atoms with Crippen molar-refractivity contribution >= 4 is 6.09 Å². The predicted molar refractivity (Wildman–Crippen MR) is 55.1 cm³/mol. The van der Waals surface area contributed by atoms with E-state index in [2.05, 4.69) is 9.47 Å². The van der Waals surface area contributed by atoms with Crippen molar-refractivity contribution in [2.75, 3.05) is 13.7 Å². The number of methoxy groups -OCH3 is 1. The number of rotatable bonds is 2. The Morgan fingerprint density at radius 2 is 2.22 bits per heavy atom. The third-order valence-electron chi connectivity index (χ3n) is 2.59. The maximum Gasteiger partial charge on any atom is 0.408 e. The zero-order valence-electron chi connectivity index (χ0n) is 9.38. The van der Waals surface area contributed by atoms with Gasteiger partial charge in [-0.25, -0.2) is 18.0 Å². The Labute approximate surface area is 101 Å². The van der Waals surface area contributed by atoms with E-state index in [1.165, 1.54) is 19.2 Å². The Hall–Kier alpha value is -1.92.